The Morgan fingerprint density at radius 1 is 1.08 bits per heavy atom. The van der Waals surface area contributed by atoms with Crippen LogP contribution in [0.25, 0.3) is 11.2 Å². The molecule has 12 nitrogen and oxygen atoms in total. The number of nitrogens with one attached hydrogen (secondary N) is 1. The zero-order valence-corrected chi connectivity index (χ0v) is 21.0. The van der Waals surface area contributed by atoms with Gasteiger partial charge in [0.15, 0.2) is 17.7 Å². The van der Waals surface area contributed by atoms with E-state index in [1.54, 1.807) is 48.8 Å². The van der Waals surface area contributed by atoms with Gasteiger partial charge in [-0.05, 0) is 25.1 Å². The van der Waals surface area contributed by atoms with Crippen LogP contribution in [0.5, 0.6) is 0 Å². The van der Waals surface area contributed by atoms with Crippen LogP contribution in [0.1, 0.15) is 47.2 Å². The zero-order chi connectivity index (χ0) is 26.9. The van der Waals surface area contributed by atoms with E-state index in [0.717, 1.165) is 0 Å². The number of nitrogen functional groups attached to an aromatic ring is 1. The lowest BCUT2D eigenvalue weighted by molar-refractivity contribution is -0.109. The molecule has 6 rings (SSSR count). The van der Waals surface area contributed by atoms with Crippen LogP contribution >= 0.6 is 0 Å². The van der Waals surface area contributed by atoms with Crippen molar-refractivity contribution in [3.05, 3.63) is 60.2 Å². The average Bonchev–Trinajstić information content (AvgIpc) is 3.34. The Bertz CT molecular complexity index is 1450. The topological polar surface area (TPSA) is 169 Å². The maximum Gasteiger partial charge on any atom is 0.261 e. The molecule has 0 bridgehead atoms. The summed E-state index contributed by atoms with van der Waals surface area (Å²) in [5.41, 5.74) is 3.72. The predicted octanol–water partition coefficient (Wildman–Crippen LogP) is 0.640. The van der Waals surface area contributed by atoms with Crippen LogP contribution in [0.4, 0.5) is 5.82 Å². The molecule has 0 spiro atoms. The number of aromatic nitrogens is 4. The molecular weight excluding hydrogens is 490 g/mol. The number of carbonyl (C=O) groups excluding carboxylic acids is 2. The van der Waals surface area contributed by atoms with Crippen LogP contribution in [-0.4, -0.2) is 83.4 Å². The molecule has 38 heavy (non-hydrogen) atoms. The Morgan fingerprint density at radius 3 is 2.50 bits per heavy atom. The van der Waals surface area contributed by atoms with E-state index in [2.05, 4.69) is 20.3 Å². The van der Waals surface area contributed by atoms with E-state index < -0.39 is 28.9 Å². The van der Waals surface area contributed by atoms with Crippen molar-refractivity contribution in [1.82, 2.24) is 29.7 Å². The number of hydrogen-bond donors (Lipinski definition) is 4. The van der Waals surface area contributed by atoms with Gasteiger partial charge in [-0.1, -0.05) is 38.1 Å². The molecule has 198 valence electrons. The molecule has 4 atom stereocenters. The number of rotatable bonds is 8. The molecule has 2 aliphatic heterocycles. The van der Waals surface area contributed by atoms with Gasteiger partial charge in [-0.2, -0.15) is 0 Å². The van der Waals surface area contributed by atoms with Gasteiger partial charge in [-0.15, -0.1) is 0 Å². The van der Waals surface area contributed by atoms with E-state index in [4.69, 9.17) is 10.5 Å². The predicted molar refractivity (Wildman–Crippen MR) is 136 cm³/mol. The number of ether oxygens (including phenoxy) is 1. The zero-order valence-electron chi connectivity index (χ0n) is 21.0. The first kappa shape index (κ1) is 24.6. The number of imide groups is 1. The minimum Gasteiger partial charge on any atom is -0.383 e. The van der Waals surface area contributed by atoms with Crippen molar-refractivity contribution in [3.8, 4) is 0 Å². The van der Waals surface area contributed by atoms with Crippen molar-refractivity contribution in [3.63, 3.8) is 0 Å². The fourth-order valence-corrected chi connectivity index (χ4v) is 6.02. The third kappa shape index (κ3) is 3.08. The van der Waals surface area contributed by atoms with Crippen molar-refractivity contribution in [2.45, 2.75) is 43.8 Å². The summed E-state index contributed by atoms with van der Waals surface area (Å²) in [6.07, 6.45) is 5.53. The number of fused-ring (bicyclic) bond motifs is 3. The van der Waals surface area contributed by atoms with Crippen LogP contribution < -0.4 is 11.1 Å². The Hall–Kier alpha value is -3.71. The van der Waals surface area contributed by atoms with Gasteiger partial charge in [-0.3, -0.25) is 19.1 Å². The normalized spacial score (nSPS) is 29.4. The molecule has 2 aromatic heterocycles. The van der Waals surface area contributed by atoms with E-state index in [1.807, 2.05) is 6.08 Å². The number of benzene rings is 1. The molecule has 1 saturated carbocycles. The lowest BCUT2D eigenvalue weighted by Crippen LogP contribution is -2.41. The second-order valence-corrected chi connectivity index (χ2v) is 10.4. The molecule has 1 saturated heterocycles. The smallest absolute Gasteiger partial charge is 0.261 e. The van der Waals surface area contributed by atoms with Crippen LogP contribution in [0.3, 0.4) is 0 Å². The van der Waals surface area contributed by atoms with Gasteiger partial charge in [0.25, 0.3) is 11.8 Å². The van der Waals surface area contributed by atoms with Crippen LogP contribution in [0.2, 0.25) is 0 Å². The Morgan fingerprint density at radius 2 is 1.79 bits per heavy atom. The highest BCUT2D eigenvalue weighted by molar-refractivity contribution is 6.21. The second-order valence-electron chi connectivity index (χ2n) is 10.4. The SMILES string of the molecule is CC1(C)[C@]2(O)[C@@H](CNCC/C=C/CN3C(=O)c4ccccc4C3=O)O[C@@H](n3cnc4c(N)ncnc43)[C@]12O. The third-order valence-electron chi connectivity index (χ3n) is 8.33. The number of anilines is 1. The molecule has 1 aromatic carbocycles. The molecule has 2 fully saturated rings. The summed E-state index contributed by atoms with van der Waals surface area (Å²) in [4.78, 5) is 38.6. The summed E-state index contributed by atoms with van der Waals surface area (Å²) in [6, 6.07) is 6.81. The van der Waals surface area contributed by atoms with Gasteiger partial charge in [0.2, 0.25) is 0 Å². The Kier molecular flexibility index (Phi) is 5.44. The van der Waals surface area contributed by atoms with Gasteiger partial charge in [0.05, 0.1) is 17.5 Å². The maximum absolute atomic E-state index is 12.4. The summed E-state index contributed by atoms with van der Waals surface area (Å²) < 4.78 is 7.76. The maximum atomic E-state index is 12.4. The highest BCUT2D eigenvalue weighted by Crippen LogP contribution is 2.75. The van der Waals surface area contributed by atoms with Crippen molar-refractivity contribution in [1.29, 1.82) is 0 Å². The number of carbonyl (C=O) groups is 2. The van der Waals surface area contributed by atoms with Crippen LogP contribution in [0.15, 0.2) is 49.1 Å². The van der Waals surface area contributed by atoms with Gasteiger partial charge >= 0.3 is 0 Å². The van der Waals surface area contributed by atoms with Gasteiger partial charge in [0, 0.05) is 18.5 Å². The molecular formula is C26H29N7O5. The number of imidazole rings is 1. The minimum absolute atomic E-state index is 0.202. The van der Waals surface area contributed by atoms with E-state index in [0.29, 0.717) is 41.8 Å². The summed E-state index contributed by atoms with van der Waals surface area (Å²) in [6.45, 7) is 4.68. The summed E-state index contributed by atoms with van der Waals surface area (Å²) in [7, 11) is 0. The number of nitrogens with zero attached hydrogens (tertiary/aromatic N) is 5. The first-order chi connectivity index (χ1) is 18.1. The fraction of sp³-hybridized carbons (Fsp3) is 0.423. The number of aliphatic hydroxyl groups is 2. The lowest BCUT2D eigenvalue weighted by atomic mass is 10.0. The third-order valence-corrected chi connectivity index (χ3v) is 8.33. The lowest BCUT2D eigenvalue weighted by Gasteiger charge is -2.28. The van der Waals surface area contributed by atoms with Crippen molar-refractivity contribution in [2.75, 3.05) is 25.4 Å². The monoisotopic (exact) mass is 519 g/mol. The standard InChI is InChI=1S/C26H29N7O5/c1-24(2)25(36)17(38-23(26(24,25)37)33-14-31-18-19(27)29-13-30-20(18)33)12-28-10-6-3-7-11-32-21(34)15-8-4-5-9-16(15)22(32)35/h3-5,7-9,13-14,17,23,28,36-37H,6,10-12H2,1-2H3,(H2,27,29,30)/b7-3+/t17-,23-,25-,26+/m1/s1. The molecule has 0 unspecified atom stereocenters. The fourth-order valence-electron chi connectivity index (χ4n) is 6.02. The average molecular weight is 520 g/mol. The molecule has 5 N–H and O–H groups in total. The van der Waals surface area contributed by atoms with Crippen molar-refractivity contribution < 1.29 is 24.5 Å². The molecule has 1 aliphatic carbocycles. The van der Waals surface area contributed by atoms with Gasteiger partial charge < -0.3 is 26.0 Å². The van der Waals surface area contributed by atoms with Gasteiger partial charge in [0.1, 0.15) is 29.2 Å². The molecule has 12 heteroatoms. The molecule has 0 radical (unpaired) electrons. The van der Waals surface area contributed by atoms with E-state index in [-0.39, 0.29) is 24.2 Å². The quantitative estimate of drug-likeness (QED) is 0.188. The summed E-state index contributed by atoms with van der Waals surface area (Å²) >= 11 is 0. The Labute approximate surface area is 218 Å². The van der Waals surface area contributed by atoms with Crippen molar-refractivity contribution in [2.24, 2.45) is 5.41 Å². The molecule has 2 amide bonds. The number of nitrogens with two attached hydrogens (primary N) is 1. The molecule has 4 heterocycles. The first-order valence-corrected chi connectivity index (χ1v) is 12.5. The minimum atomic E-state index is -1.55. The highest BCUT2D eigenvalue weighted by Gasteiger charge is 2.92. The summed E-state index contributed by atoms with van der Waals surface area (Å²) in [5, 5.41) is 26.4. The van der Waals surface area contributed by atoms with Gasteiger partial charge in [-0.25, -0.2) is 15.0 Å². The largest absolute Gasteiger partial charge is 0.383 e. The molecule has 3 aromatic rings. The van der Waals surface area contributed by atoms with E-state index in [1.165, 1.54) is 17.6 Å². The second kappa shape index (κ2) is 8.40. The Balaban J connectivity index is 1.06. The summed E-state index contributed by atoms with van der Waals surface area (Å²) in [5.74, 6) is -0.346. The van der Waals surface area contributed by atoms with Crippen LogP contribution in [-0.2, 0) is 4.74 Å². The van der Waals surface area contributed by atoms with Crippen molar-refractivity contribution >= 4 is 28.8 Å². The molecule has 3 aliphatic rings. The number of amides is 2. The number of hydrogen-bond acceptors (Lipinski definition) is 10. The highest BCUT2D eigenvalue weighted by atomic mass is 16.6. The van der Waals surface area contributed by atoms with Crippen LogP contribution in [0, 0.1) is 5.41 Å². The first-order valence-electron chi connectivity index (χ1n) is 12.5. The van der Waals surface area contributed by atoms with E-state index >= 15 is 0 Å². The van der Waals surface area contributed by atoms with E-state index in [9.17, 15) is 19.8 Å².